The summed E-state index contributed by atoms with van der Waals surface area (Å²) in [7, 11) is 2.61. The zero-order chi connectivity index (χ0) is 12.4. The highest BCUT2D eigenvalue weighted by atomic mass is 35.5. The van der Waals surface area contributed by atoms with E-state index in [1.165, 1.54) is 20.7 Å². The van der Waals surface area contributed by atoms with Crippen molar-refractivity contribution in [2.75, 3.05) is 4.90 Å². The van der Waals surface area contributed by atoms with Gasteiger partial charge >= 0.3 is 0 Å². The summed E-state index contributed by atoms with van der Waals surface area (Å²) in [6.07, 6.45) is 0. The van der Waals surface area contributed by atoms with Crippen LogP contribution in [0, 0.1) is 0 Å². The largest absolute Gasteiger partial charge is 0.329 e. The molecule has 17 heavy (non-hydrogen) atoms. The van der Waals surface area contributed by atoms with E-state index < -0.39 is 0 Å². The molecule has 2 nitrogen and oxygen atoms in total. The summed E-state index contributed by atoms with van der Waals surface area (Å²) in [5, 5.41) is 1.17. The quantitative estimate of drug-likeness (QED) is 0.781. The molecule has 0 aliphatic carbocycles. The van der Waals surface area contributed by atoms with E-state index in [4.69, 9.17) is 11.6 Å². The van der Waals surface area contributed by atoms with Crippen molar-refractivity contribution < 1.29 is 0 Å². The summed E-state index contributed by atoms with van der Waals surface area (Å²) in [5.41, 5.74) is 1.05. The van der Waals surface area contributed by atoms with E-state index in [0.29, 0.717) is 5.02 Å². The highest BCUT2D eigenvalue weighted by molar-refractivity contribution is 7.70. The Kier molecular flexibility index (Phi) is 3.86. The maximum absolute atomic E-state index is 11.5. The van der Waals surface area contributed by atoms with Crippen LogP contribution in [0.4, 0.5) is 10.7 Å². The van der Waals surface area contributed by atoms with Gasteiger partial charge in [0.25, 0.3) is 4.74 Å². The second kappa shape index (κ2) is 5.21. The molecule has 0 radical (unpaired) electrons. The molecule has 0 saturated carbocycles. The van der Waals surface area contributed by atoms with Crippen LogP contribution in [0.2, 0.25) is 5.02 Å². The number of halogens is 1. The molecule has 0 atom stereocenters. The van der Waals surface area contributed by atoms with E-state index in [9.17, 15) is 4.79 Å². The fourth-order valence-corrected chi connectivity index (χ4v) is 4.38. The summed E-state index contributed by atoms with van der Waals surface area (Å²) >= 11 is 6.06. The van der Waals surface area contributed by atoms with Gasteiger partial charge in [0.15, 0.2) is 0 Å². The van der Waals surface area contributed by atoms with Crippen LogP contribution in [0.3, 0.4) is 0 Å². The first-order valence-corrected chi connectivity index (χ1v) is 7.77. The van der Waals surface area contributed by atoms with Gasteiger partial charge in [-0.05, 0) is 36.3 Å². The Hall–Kier alpha value is -0.840. The van der Waals surface area contributed by atoms with Gasteiger partial charge in [-0.3, -0.25) is 4.79 Å². The summed E-state index contributed by atoms with van der Waals surface area (Å²) in [6, 6.07) is 10.2. The number of hydrogen-bond donors (Lipinski definition) is 0. The van der Waals surface area contributed by atoms with Crippen molar-refractivity contribution in [2.24, 2.45) is 0 Å². The number of nitrogens with zero attached hydrogens (tertiary/aromatic N) is 1. The van der Waals surface area contributed by atoms with Gasteiger partial charge < -0.3 is 4.90 Å². The third kappa shape index (κ3) is 2.54. The molecule has 2 rings (SSSR count). The van der Waals surface area contributed by atoms with Crippen LogP contribution >= 0.6 is 32.3 Å². The predicted molar refractivity (Wildman–Crippen MR) is 77.2 cm³/mol. The molecule has 1 aromatic heterocycles. The highest BCUT2D eigenvalue weighted by Gasteiger charge is 2.19. The zero-order valence-electron chi connectivity index (χ0n) is 9.51. The monoisotopic (exact) mass is 285 g/mol. The van der Waals surface area contributed by atoms with E-state index in [1.807, 2.05) is 30.3 Å². The minimum Gasteiger partial charge on any atom is -0.329 e. The number of hydrogen-bond acceptors (Lipinski definition) is 4. The van der Waals surface area contributed by atoms with Crippen molar-refractivity contribution in [1.29, 1.82) is 0 Å². The van der Waals surface area contributed by atoms with Crippen LogP contribution in [0.1, 0.15) is 13.8 Å². The van der Waals surface area contributed by atoms with Crippen LogP contribution in [0.25, 0.3) is 0 Å². The van der Waals surface area contributed by atoms with Crippen molar-refractivity contribution in [1.82, 2.24) is 0 Å². The van der Waals surface area contributed by atoms with E-state index in [2.05, 4.69) is 18.7 Å². The molecular formula is C12H12ClNOS2. The van der Waals surface area contributed by atoms with Crippen molar-refractivity contribution >= 4 is 43.0 Å². The van der Waals surface area contributed by atoms with E-state index in [0.717, 1.165) is 10.7 Å². The smallest absolute Gasteiger partial charge is 0.263 e. The first kappa shape index (κ1) is 12.6. The number of benzene rings is 1. The first-order chi connectivity index (χ1) is 8.11. The van der Waals surface area contributed by atoms with Crippen molar-refractivity contribution in [3.63, 3.8) is 0 Å². The van der Waals surface area contributed by atoms with Crippen LogP contribution in [0.15, 0.2) is 35.1 Å². The van der Waals surface area contributed by atoms with Crippen molar-refractivity contribution in [3.05, 3.63) is 44.9 Å². The molecule has 1 aromatic carbocycles. The van der Waals surface area contributed by atoms with E-state index in [-0.39, 0.29) is 10.8 Å². The van der Waals surface area contributed by atoms with Crippen LogP contribution in [-0.2, 0) is 0 Å². The van der Waals surface area contributed by atoms with Gasteiger partial charge in [-0.25, -0.2) is 0 Å². The summed E-state index contributed by atoms with van der Waals surface area (Å²) < 4.78 is -0.0618. The second-order valence-electron chi connectivity index (χ2n) is 3.87. The second-order valence-corrected chi connectivity index (χ2v) is 6.34. The lowest BCUT2D eigenvalue weighted by Crippen LogP contribution is -2.25. The summed E-state index contributed by atoms with van der Waals surface area (Å²) in [4.78, 5) is 13.6. The maximum atomic E-state index is 11.5. The van der Waals surface area contributed by atoms with Gasteiger partial charge in [-0.2, -0.15) is 0 Å². The third-order valence-corrected chi connectivity index (χ3v) is 5.08. The molecule has 0 amide bonds. The average molecular weight is 286 g/mol. The molecular weight excluding hydrogens is 274 g/mol. The van der Waals surface area contributed by atoms with Crippen molar-refractivity contribution in [3.8, 4) is 0 Å². The van der Waals surface area contributed by atoms with Gasteiger partial charge in [0.1, 0.15) is 10.0 Å². The molecule has 0 unspecified atom stereocenters. The molecule has 0 aliphatic heterocycles. The zero-order valence-corrected chi connectivity index (χ0v) is 11.9. The number of para-hydroxylation sites is 1. The summed E-state index contributed by atoms with van der Waals surface area (Å²) in [5.74, 6) is 0. The Bertz CT molecular complexity index is 547. The molecule has 90 valence electrons. The fraction of sp³-hybridized carbons (Fsp3) is 0.250. The molecule has 2 aromatic rings. The number of rotatable bonds is 3. The molecule has 0 spiro atoms. The minimum atomic E-state index is -0.0618. The summed E-state index contributed by atoms with van der Waals surface area (Å²) in [6.45, 7) is 4.16. The van der Waals surface area contributed by atoms with Gasteiger partial charge in [-0.15, -0.1) is 0 Å². The third-order valence-electron chi connectivity index (χ3n) is 2.33. The first-order valence-electron chi connectivity index (χ1n) is 5.24. The van der Waals surface area contributed by atoms with Gasteiger partial charge in [0, 0.05) is 11.7 Å². The highest BCUT2D eigenvalue weighted by Crippen LogP contribution is 2.37. The van der Waals surface area contributed by atoms with Crippen LogP contribution in [-0.4, -0.2) is 6.04 Å². The standard InChI is InChI=1S/C12H12ClNOS2/c1-8(2)14(9-6-4-3-5-7-9)11-10(13)12(15)17-16-11/h3-8H,1-2H3. The molecule has 5 heteroatoms. The lowest BCUT2D eigenvalue weighted by Gasteiger charge is -2.27. The van der Waals surface area contributed by atoms with E-state index >= 15 is 0 Å². The molecule has 0 saturated heterocycles. The predicted octanol–water partition coefficient (Wildman–Crippen LogP) is 4.37. The topological polar surface area (TPSA) is 20.3 Å². The number of anilines is 2. The van der Waals surface area contributed by atoms with Gasteiger partial charge in [-0.1, -0.05) is 40.1 Å². The Morgan fingerprint density at radius 3 is 2.29 bits per heavy atom. The van der Waals surface area contributed by atoms with Crippen LogP contribution in [0.5, 0.6) is 0 Å². The Morgan fingerprint density at radius 1 is 1.18 bits per heavy atom. The normalized spacial score (nSPS) is 10.8. The Labute approximate surface area is 112 Å². The van der Waals surface area contributed by atoms with Crippen molar-refractivity contribution in [2.45, 2.75) is 19.9 Å². The fourth-order valence-electron chi connectivity index (χ4n) is 1.62. The lowest BCUT2D eigenvalue weighted by molar-refractivity contribution is 0.795. The SMILES string of the molecule is CC(C)N(c1ccccc1)c1ssc(=O)c1Cl. The van der Waals surface area contributed by atoms with Crippen LogP contribution < -0.4 is 9.64 Å². The molecule has 0 N–H and O–H groups in total. The Morgan fingerprint density at radius 2 is 1.82 bits per heavy atom. The van der Waals surface area contributed by atoms with Gasteiger partial charge in [0.05, 0.1) is 0 Å². The minimum absolute atomic E-state index is 0.0618. The lowest BCUT2D eigenvalue weighted by atomic mass is 10.2. The average Bonchev–Trinajstić information content (AvgIpc) is 2.63. The van der Waals surface area contributed by atoms with Gasteiger partial charge in [0.2, 0.25) is 0 Å². The molecule has 1 heterocycles. The molecule has 0 aliphatic rings. The maximum Gasteiger partial charge on any atom is 0.263 e. The Balaban J connectivity index is 2.51. The molecule has 0 bridgehead atoms. The van der Waals surface area contributed by atoms with E-state index in [1.54, 1.807) is 0 Å². The molecule has 0 fully saturated rings.